The summed E-state index contributed by atoms with van der Waals surface area (Å²) in [6.45, 7) is 3.92. The van der Waals surface area contributed by atoms with Crippen LogP contribution in [0.2, 0.25) is 0 Å². The van der Waals surface area contributed by atoms with E-state index in [1.165, 1.54) is 12.0 Å². The molecule has 1 atom stereocenters. The van der Waals surface area contributed by atoms with Gasteiger partial charge in [0.25, 0.3) is 0 Å². The zero-order chi connectivity index (χ0) is 12.1. The van der Waals surface area contributed by atoms with E-state index in [-0.39, 0.29) is 0 Å². The Hall–Kier alpha value is -1.31. The average Bonchev–Trinajstić information content (AvgIpc) is 2.40. The summed E-state index contributed by atoms with van der Waals surface area (Å²) in [7, 11) is 0. The van der Waals surface area contributed by atoms with Gasteiger partial charge in [-0.3, -0.25) is 4.79 Å². The van der Waals surface area contributed by atoms with Crippen LogP contribution < -0.4 is 0 Å². The molecule has 1 aromatic carbocycles. The molecule has 1 fully saturated rings. The van der Waals surface area contributed by atoms with Gasteiger partial charge in [-0.15, -0.1) is 0 Å². The number of nitrogens with zero attached hydrogens (tertiary/aromatic N) is 1. The SMILES string of the molecule is CCCC(=O)N1CCC[C@H](c2ccccc2)C1. The van der Waals surface area contributed by atoms with E-state index >= 15 is 0 Å². The normalized spacial score (nSPS) is 20.3. The fourth-order valence-electron chi connectivity index (χ4n) is 2.57. The molecule has 2 nitrogen and oxygen atoms in total. The molecule has 1 aliphatic rings. The minimum atomic E-state index is 0.327. The van der Waals surface area contributed by atoms with Gasteiger partial charge >= 0.3 is 0 Å². The van der Waals surface area contributed by atoms with Crippen molar-refractivity contribution < 1.29 is 4.79 Å². The smallest absolute Gasteiger partial charge is 0.222 e. The number of rotatable bonds is 3. The third kappa shape index (κ3) is 3.09. The maximum atomic E-state index is 11.9. The van der Waals surface area contributed by atoms with Gasteiger partial charge in [-0.2, -0.15) is 0 Å². The van der Waals surface area contributed by atoms with Crippen molar-refractivity contribution in [3.05, 3.63) is 35.9 Å². The van der Waals surface area contributed by atoms with Crippen molar-refractivity contribution >= 4 is 5.91 Å². The van der Waals surface area contributed by atoms with Crippen molar-refractivity contribution in [2.24, 2.45) is 0 Å². The van der Waals surface area contributed by atoms with Crippen molar-refractivity contribution in [2.75, 3.05) is 13.1 Å². The molecule has 0 unspecified atom stereocenters. The van der Waals surface area contributed by atoms with E-state index in [2.05, 4.69) is 31.2 Å². The summed E-state index contributed by atoms with van der Waals surface area (Å²) in [6.07, 6.45) is 3.99. The Bertz CT molecular complexity index is 360. The van der Waals surface area contributed by atoms with Gasteiger partial charge in [0.1, 0.15) is 0 Å². The van der Waals surface area contributed by atoms with Crippen molar-refractivity contribution in [1.82, 2.24) is 4.90 Å². The summed E-state index contributed by atoms with van der Waals surface area (Å²) in [5.41, 5.74) is 1.38. The summed E-state index contributed by atoms with van der Waals surface area (Å²) in [5, 5.41) is 0. The van der Waals surface area contributed by atoms with Crippen molar-refractivity contribution in [1.29, 1.82) is 0 Å². The topological polar surface area (TPSA) is 20.3 Å². The van der Waals surface area contributed by atoms with E-state index in [1.807, 2.05) is 11.0 Å². The van der Waals surface area contributed by atoms with Gasteiger partial charge in [0.2, 0.25) is 5.91 Å². The Labute approximate surface area is 104 Å². The van der Waals surface area contributed by atoms with Crippen molar-refractivity contribution in [3.8, 4) is 0 Å². The first-order valence-corrected chi connectivity index (χ1v) is 6.64. The van der Waals surface area contributed by atoms with Gasteiger partial charge in [0.15, 0.2) is 0 Å². The van der Waals surface area contributed by atoms with Crippen LogP contribution in [0.3, 0.4) is 0 Å². The third-order valence-corrected chi connectivity index (χ3v) is 3.51. The number of carbonyl (C=O) groups is 1. The molecule has 0 aliphatic carbocycles. The highest BCUT2D eigenvalue weighted by molar-refractivity contribution is 5.76. The Morgan fingerprint density at radius 3 is 2.82 bits per heavy atom. The molecule has 0 radical (unpaired) electrons. The molecular formula is C15H21NO. The van der Waals surface area contributed by atoms with Gasteiger partial charge in [-0.05, 0) is 24.8 Å². The molecule has 17 heavy (non-hydrogen) atoms. The number of piperidine rings is 1. The summed E-state index contributed by atoms with van der Waals surface area (Å²) >= 11 is 0. The Balaban J connectivity index is 2.00. The van der Waals surface area contributed by atoms with Gasteiger partial charge < -0.3 is 4.90 Å². The van der Waals surface area contributed by atoms with Crippen LogP contribution in [0.25, 0.3) is 0 Å². The second kappa shape index (κ2) is 5.85. The van der Waals surface area contributed by atoms with Crippen LogP contribution in [0.15, 0.2) is 30.3 Å². The molecule has 0 spiro atoms. The Morgan fingerprint density at radius 2 is 2.12 bits per heavy atom. The molecule has 2 rings (SSSR count). The molecule has 92 valence electrons. The van der Waals surface area contributed by atoms with Gasteiger partial charge in [-0.25, -0.2) is 0 Å². The Kier molecular flexibility index (Phi) is 4.18. The number of hydrogen-bond acceptors (Lipinski definition) is 1. The van der Waals surface area contributed by atoms with Crippen LogP contribution in [0, 0.1) is 0 Å². The van der Waals surface area contributed by atoms with Crippen LogP contribution in [-0.4, -0.2) is 23.9 Å². The quantitative estimate of drug-likeness (QED) is 0.782. The maximum Gasteiger partial charge on any atom is 0.222 e. The first kappa shape index (κ1) is 12.2. The molecule has 2 heteroatoms. The van der Waals surface area contributed by atoms with E-state index in [0.717, 1.165) is 25.9 Å². The van der Waals surface area contributed by atoms with Gasteiger partial charge in [0, 0.05) is 25.4 Å². The number of likely N-dealkylation sites (tertiary alicyclic amines) is 1. The van der Waals surface area contributed by atoms with Crippen molar-refractivity contribution in [3.63, 3.8) is 0 Å². The molecule has 0 aromatic heterocycles. The number of benzene rings is 1. The minimum absolute atomic E-state index is 0.327. The zero-order valence-corrected chi connectivity index (χ0v) is 10.6. The number of amides is 1. The van der Waals surface area contributed by atoms with Crippen LogP contribution in [0.5, 0.6) is 0 Å². The van der Waals surface area contributed by atoms with Crippen LogP contribution in [0.1, 0.15) is 44.1 Å². The summed E-state index contributed by atoms with van der Waals surface area (Å²) in [6, 6.07) is 10.6. The summed E-state index contributed by atoms with van der Waals surface area (Å²) in [4.78, 5) is 13.9. The van der Waals surface area contributed by atoms with Crippen molar-refractivity contribution in [2.45, 2.75) is 38.5 Å². The minimum Gasteiger partial charge on any atom is -0.342 e. The average molecular weight is 231 g/mol. The van der Waals surface area contributed by atoms with E-state index in [0.29, 0.717) is 18.2 Å². The fraction of sp³-hybridized carbons (Fsp3) is 0.533. The second-order valence-electron chi connectivity index (χ2n) is 4.84. The van der Waals surface area contributed by atoms with Gasteiger partial charge in [0.05, 0.1) is 0 Å². The first-order chi connectivity index (χ1) is 8.31. The highest BCUT2D eigenvalue weighted by Gasteiger charge is 2.23. The zero-order valence-electron chi connectivity index (χ0n) is 10.6. The predicted molar refractivity (Wildman–Crippen MR) is 69.9 cm³/mol. The third-order valence-electron chi connectivity index (χ3n) is 3.51. The highest BCUT2D eigenvalue weighted by atomic mass is 16.2. The van der Waals surface area contributed by atoms with E-state index in [9.17, 15) is 4.79 Å². The molecule has 1 saturated heterocycles. The number of hydrogen-bond donors (Lipinski definition) is 0. The van der Waals surface area contributed by atoms with E-state index in [1.54, 1.807) is 0 Å². The molecule has 1 aliphatic heterocycles. The lowest BCUT2D eigenvalue weighted by Gasteiger charge is -2.33. The van der Waals surface area contributed by atoms with Crippen LogP contribution in [0.4, 0.5) is 0 Å². The van der Waals surface area contributed by atoms with Crippen LogP contribution >= 0.6 is 0 Å². The summed E-state index contributed by atoms with van der Waals surface area (Å²) < 4.78 is 0. The molecule has 0 N–H and O–H groups in total. The molecule has 1 amide bonds. The molecule has 0 bridgehead atoms. The fourth-order valence-corrected chi connectivity index (χ4v) is 2.57. The predicted octanol–water partition coefficient (Wildman–Crippen LogP) is 3.19. The first-order valence-electron chi connectivity index (χ1n) is 6.64. The monoisotopic (exact) mass is 231 g/mol. The molecular weight excluding hydrogens is 210 g/mol. The lowest BCUT2D eigenvalue weighted by atomic mass is 9.90. The van der Waals surface area contributed by atoms with E-state index in [4.69, 9.17) is 0 Å². The van der Waals surface area contributed by atoms with Crippen LogP contribution in [-0.2, 0) is 4.79 Å². The molecule has 1 heterocycles. The largest absolute Gasteiger partial charge is 0.342 e. The highest BCUT2D eigenvalue weighted by Crippen LogP contribution is 2.26. The number of carbonyl (C=O) groups excluding carboxylic acids is 1. The second-order valence-corrected chi connectivity index (χ2v) is 4.84. The lowest BCUT2D eigenvalue weighted by Crippen LogP contribution is -2.38. The van der Waals surface area contributed by atoms with E-state index < -0.39 is 0 Å². The standard InChI is InChI=1S/C15H21NO/c1-2-7-15(17)16-11-6-10-14(12-16)13-8-4-3-5-9-13/h3-5,8-9,14H,2,6-7,10-12H2,1H3/t14-/m0/s1. The molecule has 1 aromatic rings. The maximum absolute atomic E-state index is 11.9. The van der Waals surface area contributed by atoms with Gasteiger partial charge in [-0.1, -0.05) is 37.3 Å². The summed E-state index contributed by atoms with van der Waals surface area (Å²) in [5.74, 6) is 0.860. The lowest BCUT2D eigenvalue weighted by molar-refractivity contribution is -0.132. The molecule has 0 saturated carbocycles. The Morgan fingerprint density at radius 1 is 1.35 bits per heavy atom.